The fraction of sp³-hybridized carbons (Fsp3) is 1.00. The highest BCUT2D eigenvalue weighted by molar-refractivity contribution is 4.85. The Kier molecular flexibility index (Phi) is 4.24. The Morgan fingerprint density at radius 1 is 1.23 bits per heavy atom. The van der Waals surface area contributed by atoms with Crippen LogP contribution in [0.25, 0.3) is 0 Å². The second kappa shape index (κ2) is 4.99. The van der Waals surface area contributed by atoms with E-state index in [0.717, 1.165) is 17.8 Å². The third kappa shape index (κ3) is 2.70. The van der Waals surface area contributed by atoms with Gasteiger partial charge in [-0.2, -0.15) is 0 Å². The summed E-state index contributed by atoms with van der Waals surface area (Å²) in [5.41, 5.74) is 6.02. The minimum Gasteiger partial charge on any atom is -0.328 e. The molecule has 1 saturated carbocycles. The molecule has 0 heterocycles. The highest BCUT2D eigenvalue weighted by atomic mass is 14.6. The van der Waals surface area contributed by atoms with Gasteiger partial charge >= 0.3 is 0 Å². The minimum atomic E-state index is 0.409. The maximum absolute atomic E-state index is 6.02. The van der Waals surface area contributed by atoms with E-state index in [-0.39, 0.29) is 0 Å². The first-order valence-corrected chi connectivity index (χ1v) is 5.92. The van der Waals surface area contributed by atoms with Crippen LogP contribution in [0.3, 0.4) is 0 Å². The van der Waals surface area contributed by atoms with Crippen molar-refractivity contribution in [1.82, 2.24) is 0 Å². The molecule has 1 nitrogen and oxygen atoms in total. The molecule has 2 N–H and O–H groups in total. The molecule has 4 atom stereocenters. The number of nitrogens with two attached hydrogens (primary N) is 1. The van der Waals surface area contributed by atoms with E-state index in [2.05, 4.69) is 20.8 Å². The Morgan fingerprint density at radius 3 is 2.38 bits per heavy atom. The summed E-state index contributed by atoms with van der Waals surface area (Å²) >= 11 is 0. The first-order chi connectivity index (χ1) is 6.16. The SMILES string of the molecule is CCCC(C)C1CCCC1C(C)N. The molecule has 78 valence electrons. The van der Waals surface area contributed by atoms with Crippen molar-refractivity contribution in [2.75, 3.05) is 0 Å². The van der Waals surface area contributed by atoms with Crippen molar-refractivity contribution < 1.29 is 0 Å². The normalized spacial score (nSPS) is 33.2. The van der Waals surface area contributed by atoms with Crippen molar-refractivity contribution in [2.24, 2.45) is 23.5 Å². The Labute approximate surface area is 83.1 Å². The Morgan fingerprint density at radius 2 is 1.85 bits per heavy atom. The molecule has 0 radical (unpaired) electrons. The van der Waals surface area contributed by atoms with Crippen LogP contribution in [0.1, 0.15) is 52.9 Å². The van der Waals surface area contributed by atoms with Crippen LogP contribution in [0.15, 0.2) is 0 Å². The largest absolute Gasteiger partial charge is 0.328 e. The van der Waals surface area contributed by atoms with Crippen LogP contribution in [-0.4, -0.2) is 6.04 Å². The van der Waals surface area contributed by atoms with Crippen molar-refractivity contribution in [3.8, 4) is 0 Å². The average molecular weight is 183 g/mol. The van der Waals surface area contributed by atoms with Gasteiger partial charge in [-0.25, -0.2) is 0 Å². The molecular weight excluding hydrogens is 158 g/mol. The zero-order chi connectivity index (χ0) is 9.84. The maximum Gasteiger partial charge on any atom is 0.00415 e. The summed E-state index contributed by atoms with van der Waals surface area (Å²) in [6.45, 7) is 6.88. The number of hydrogen-bond donors (Lipinski definition) is 1. The van der Waals surface area contributed by atoms with Crippen molar-refractivity contribution >= 4 is 0 Å². The van der Waals surface area contributed by atoms with Crippen LogP contribution in [0, 0.1) is 17.8 Å². The topological polar surface area (TPSA) is 26.0 Å². The van der Waals surface area contributed by atoms with Gasteiger partial charge in [-0.15, -0.1) is 0 Å². The molecule has 13 heavy (non-hydrogen) atoms. The average Bonchev–Trinajstić information content (AvgIpc) is 2.52. The zero-order valence-electron chi connectivity index (χ0n) is 9.42. The van der Waals surface area contributed by atoms with Gasteiger partial charge in [0.2, 0.25) is 0 Å². The maximum atomic E-state index is 6.02. The quantitative estimate of drug-likeness (QED) is 0.711. The van der Waals surface area contributed by atoms with Crippen LogP contribution in [0.4, 0.5) is 0 Å². The lowest BCUT2D eigenvalue weighted by molar-refractivity contribution is 0.239. The van der Waals surface area contributed by atoms with E-state index in [9.17, 15) is 0 Å². The fourth-order valence-corrected chi connectivity index (χ4v) is 3.05. The molecule has 1 rings (SSSR count). The molecule has 1 fully saturated rings. The standard InChI is InChI=1S/C12H25N/c1-4-6-9(2)11-7-5-8-12(11)10(3)13/h9-12H,4-8,13H2,1-3H3. The molecule has 0 aromatic carbocycles. The van der Waals surface area contributed by atoms with E-state index in [1.54, 1.807) is 0 Å². The summed E-state index contributed by atoms with van der Waals surface area (Å²) in [5, 5.41) is 0. The summed E-state index contributed by atoms with van der Waals surface area (Å²) in [4.78, 5) is 0. The molecule has 0 saturated heterocycles. The summed E-state index contributed by atoms with van der Waals surface area (Å²) in [7, 11) is 0. The van der Waals surface area contributed by atoms with Gasteiger partial charge in [0.25, 0.3) is 0 Å². The van der Waals surface area contributed by atoms with Gasteiger partial charge in [0.1, 0.15) is 0 Å². The molecule has 1 aliphatic carbocycles. The van der Waals surface area contributed by atoms with E-state index in [1.807, 2.05) is 0 Å². The second-order valence-electron chi connectivity index (χ2n) is 4.88. The van der Waals surface area contributed by atoms with Gasteiger partial charge in [-0.05, 0) is 37.5 Å². The predicted molar refractivity (Wildman–Crippen MR) is 58.6 cm³/mol. The Bertz CT molecular complexity index is 142. The Balaban J connectivity index is 2.47. The minimum absolute atomic E-state index is 0.409. The second-order valence-corrected chi connectivity index (χ2v) is 4.88. The highest BCUT2D eigenvalue weighted by Gasteiger charge is 2.32. The molecule has 0 amide bonds. The van der Waals surface area contributed by atoms with Gasteiger partial charge in [0.05, 0.1) is 0 Å². The number of rotatable bonds is 4. The molecular formula is C12H25N. The van der Waals surface area contributed by atoms with Crippen LogP contribution in [-0.2, 0) is 0 Å². The molecule has 1 aliphatic rings. The lowest BCUT2D eigenvalue weighted by atomic mass is 9.80. The molecule has 0 aromatic heterocycles. The first kappa shape index (κ1) is 11.0. The summed E-state index contributed by atoms with van der Waals surface area (Å²) in [5.74, 6) is 2.62. The zero-order valence-corrected chi connectivity index (χ0v) is 9.42. The van der Waals surface area contributed by atoms with Crippen LogP contribution < -0.4 is 5.73 Å². The molecule has 4 unspecified atom stereocenters. The lowest BCUT2D eigenvalue weighted by Gasteiger charge is -2.28. The van der Waals surface area contributed by atoms with Gasteiger partial charge in [0.15, 0.2) is 0 Å². The van der Waals surface area contributed by atoms with Crippen molar-refractivity contribution in [2.45, 2.75) is 58.9 Å². The Hall–Kier alpha value is -0.0400. The molecule has 1 heteroatoms. The van der Waals surface area contributed by atoms with Gasteiger partial charge < -0.3 is 5.73 Å². The van der Waals surface area contributed by atoms with Crippen LogP contribution in [0.2, 0.25) is 0 Å². The number of hydrogen-bond acceptors (Lipinski definition) is 1. The summed E-state index contributed by atoms with van der Waals surface area (Å²) in [6, 6.07) is 0.409. The van der Waals surface area contributed by atoms with Crippen molar-refractivity contribution in [3.05, 3.63) is 0 Å². The summed E-state index contributed by atoms with van der Waals surface area (Å²) in [6.07, 6.45) is 6.91. The molecule has 0 aliphatic heterocycles. The third-order valence-electron chi connectivity index (χ3n) is 3.78. The van der Waals surface area contributed by atoms with E-state index in [4.69, 9.17) is 5.73 Å². The third-order valence-corrected chi connectivity index (χ3v) is 3.78. The smallest absolute Gasteiger partial charge is 0.00415 e. The monoisotopic (exact) mass is 183 g/mol. The molecule has 0 spiro atoms. The van der Waals surface area contributed by atoms with Crippen molar-refractivity contribution in [1.29, 1.82) is 0 Å². The van der Waals surface area contributed by atoms with E-state index in [1.165, 1.54) is 32.1 Å². The highest BCUT2D eigenvalue weighted by Crippen LogP contribution is 2.39. The van der Waals surface area contributed by atoms with Gasteiger partial charge in [0, 0.05) is 6.04 Å². The fourth-order valence-electron chi connectivity index (χ4n) is 3.05. The van der Waals surface area contributed by atoms with Crippen LogP contribution >= 0.6 is 0 Å². The molecule has 0 aromatic rings. The predicted octanol–water partition coefficient (Wildman–Crippen LogP) is 3.19. The van der Waals surface area contributed by atoms with E-state index >= 15 is 0 Å². The van der Waals surface area contributed by atoms with Gasteiger partial charge in [-0.1, -0.05) is 33.1 Å². The van der Waals surface area contributed by atoms with Crippen molar-refractivity contribution in [3.63, 3.8) is 0 Å². The van der Waals surface area contributed by atoms with Gasteiger partial charge in [-0.3, -0.25) is 0 Å². The van der Waals surface area contributed by atoms with E-state index in [0.29, 0.717) is 6.04 Å². The summed E-state index contributed by atoms with van der Waals surface area (Å²) < 4.78 is 0. The lowest BCUT2D eigenvalue weighted by Crippen LogP contribution is -2.31. The van der Waals surface area contributed by atoms with Crippen LogP contribution in [0.5, 0.6) is 0 Å². The first-order valence-electron chi connectivity index (χ1n) is 5.92. The van der Waals surface area contributed by atoms with E-state index < -0.39 is 0 Å². The molecule has 0 bridgehead atoms.